The fourth-order valence-corrected chi connectivity index (χ4v) is 4.12. The number of carboxylic acids is 1. The van der Waals surface area contributed by atoms with Crippen molar-refractivity contribution >= 4 is 29.2 Å². The molecular formula is C17H18N4O2S. The average molecular weight is 342 g/mol. The van der Waals surface area contributed by atoms with Crippen LogP contribution in [0.1, 0.15) is 18.4 Å². The number of rotatable bonds is 3. The molecule has 1 fully saturated rings. The minimum atomic E-state index is -0.682. The van der Waals surface area contributed by atoms with Crippen molar-refractivity contribution in [1.29, 1.82) is 0 Å². The highest BCUT2D eigenvalue weighted by atomic mass is 32.2. The molecule has 0 spiro atoms. The maximum absolute atomic E-state index is 11.2. The predicted molar refractivity (Wildman–Crippen MR) is 91.5 cm³/mol. The Balaban J connectivity index is 1.49. The molecular weight excluding hydrogens is 324 g/mol. The molecule has 2 aromatic rings. The largest absolute Gasteiger partial charge is 0.481 e. The smallest absolute Gasteiger partial charge is 0.307 e. The molecule has 1 saturated heterocycles. The van der Waals surface area contributed by atoms with Gasteiger partial charge in [-0.25, -0.2) is 9.97 Å². The molecule has 4 rings (SSSR count). The molecule has 6 nitrogen and oxygen atoms in total. The van der Waals surface area contributed by atoms with Crippen LogP contribution in [0.25, 0.3) is 0 Å². The van der Waals surface area contributed by atoms with Crippen molar-refractivity contribution in [2.75, 3.05) is 18.4 Å². The molecule has 2 aliphatic rings. The van der Waals surface area contributed by atoms with Crippen molar-refractivity contribution in [3.63, 3.8) is 0 Å². The number of hydrogen-bond donors (Lipinski definition) is 2. The Hall–Kier alpha value is -2.12. The van der Waals surface area contributed by atoms with E-state index in [1.165, 1.54) is 5.56 Å². The first-order chi connectivity index (χ1) is 11.7. The summed E-state index contributed by atoms with van der Waals surface area (Å²) in [6.07, 6.45) is 5.10. The maximum Gasteiger partial charge on any atom is 0.307 e. The van der Waals surface area contributed by atoms with Gasteiger partial charge in [-0.3, -0.25) is 9.69 Å². The second-order valence-corrected chi connectivity index (χ2v) is 7.21. The fraction of sp³-hybridized carbons (Fsp3) is 0.353. The number of carbonyl (C=O) groups is 1. The third-order valence-corrected chi connectivity index (χ3v) is 5.50. The summed E-state index contributed by atoms with van der Waals surface area (Å²) in [5.74, 6) is -0.137. The van der Waals surface area contributed by atoms with Crippen LogP contribution in [0.15, 0.2) is 40.5 Å². The van der Waals surface area contributed by atoms with E-state index in [0.717, 1.165) is 47.4 Å². The Bertz CT molecular complexity index is 783. The van der Waals surface area contributed by atoms with Gasteiger partial charge in [0.05, 0.1) is 11.6 Å². The molecule has 0 amide bonds. The van der Waals surface area contributed by atoms with Crippen molar-refractivity contribution in [1.82, 2.24) is 14.9 Å². The number of hydrogen-bond acceptors (Lipinski definition) is 6. The first-order valence-corrected chi connectivity index (χ1v) is 8.84. The Kier molecular flexibility index (Phi) is 4.12. The van der Waals surface area contributed by atoms with Gasteiger partial charge < -0.3 is 10.4 Å². The highest BCUT2D eigenvalue weighted by Gasteiger charge is 2.25. The number of nitrogens with one attached hydrogen (secondary N) is 1. The summed E-state index contributed by atoms with van der Waals surface area (Å²) >= 11 is 1.61. The molecule has 1 unspecified atom stereocenters. The summed E-state index contributed by atoms with van der Waals surface area (Å²) in [6, 6.07) is 6.34. The quantitative estimate of drug-likeness (QED) is 0.757. The van der Waals surface area contributed by atoms with Gasteiger partial charge in [-0.1, -0.05) is 17.8 Å². The van der Waals surface area contributed by atoms with Crippen LogP contribution in [0, 0.1) is 5.92 Å². The van der Waals surface area contributed by atoms with Crippen molar-refractivity contribution in [2.24, 2.45) is 5.92 Å². The van der Waals surface area contributed by atoms with E-state index >= 15 is 0 Å². The van der Waals surface area contributed by atoms with E-state index in [2.05, 4.69) is 38.4 Å². The lowest BCUT2D eigenvalue weighted by atomic mass is 9.98. The molecule has 0 saturated carbocycles. The number of anilines is 2. The van der Waals surface area contributed by atoms with E-state index in [-0.39, 0.29) is 5.92 Å². The van der Waals surface area contributed by atoms with Gasteiger partial charge in [-0.05, 0) is 37.1 Å². The number of nitrogens with zero attached hydrogens (tertiary/aromatic N) is 3. The molecule has 24 heavy (non-hydrogen) atoms. The topological polar surface area (TPSA) is 78.4 Å². The molecule has 0 bridgehead atoms. The number of aliphatic carboxylic acids is 1. The summed E-state index contributed by atoms with van der Waals surface area (Å²) in [5.41, 5.74) is 2.22. The Labute approximate surface area is 144 Å². The van der Waals surface area contributed by atoms with Crippen LogP contribution in [-0.2, 0) is 11.3 Å². The number of benzene rings is 1. The molecule has 2 N–H and O–H groups in total. The van der Waals surface area contributed by atoms with Crippen molar-refractivity contribution in [2.45, 2.75) is 29.3 Å². The van der Waals surface area contributed by atoms with E-state index in [9.17, 15) is 9.90 Å². The van der Waals surface area contributed by atoms with Crippen LogP contribution < -0.4 is 5.32 Å². The third-order valence-electron chi connectivity index (χ3n) is 4.43. The molecule has 0 aliphatic carbocycles. The van der Waals surface area contributed by atoms with Crippen LogP contribution in [0.3, 0.4) is 0 Å². The van der Waals surface area contributed by atoms with Crippen molar-refractivity contribution in [3.8, 4) is 0 Å². The number of piperidine rings is 1. The van der Waals surface area contributed by atoms with Crippen LogP contribution in [0.2, 0.25) is 0 Å². The zero-order valence-electron chi connectivity index (χ0n) is 13.1. The van der Waals surface area contributed by atoms with Gasteiger partial charge in [0.2, 0.25) is 0 Å². The fourth-order valence-electron chi connectivity index (χ4n) is 3.24. The van der Waals surface area contributed by atoms with Gasteiger partial charge in [0.15, 0.2) is 5.82 Å². The van der Waals surface area contributed by atoms with Crippen LogP contribution in [0.5, 0.6) is 0 Å². The van der Waals surface area contributed by atoms with Gasteiger partial charge in [0.25, 0.3) is 0 Å². The minimum Gasteiger partial charge on any atom is -0.481 e. The second-order valence-electron chi connectivity index (χ2n) is 6.18. The van der Waals surface area contributed by atoms with E-state index in [1.54, 1.807) is 24.2 Å². The normalized spacial score (nSPS) is 19.9. The number of likely N-dealkylation sites (tertiary alicyclic amines) is 1. The molecule has 2 aliphatic heterocycles. The zero-order valence-corrected chi connectivity index (χ0v) is 13.9. The van der Waals surface area contributed by atoms with E-state index < -0.39 is 5.97 Å². The lowest BCUT2D eigenvalue weighted by Crippen LogP contribution is -2.38. The van der Waals surface area contributed by atoms with Gasteiger partial charge >= 0.3 is 5.97 Å². The third kappa shape index (κ3) is 3.09. The van der Waals surface area contributed by atoms with Gasteiger partial charge in [-0.15, -0.1) is 0 Å². The Morgan fingerprint density at radius 1 is 1.38 bits per heavy atom. The molecule has 7 heteroatoms. The first kappa shape index (κ1) is 15.4. The van der Waals surface area contributed by atoms with E-state index in [1.807, 2.05) is 0 Å². The van der Waals surface area contributed by atoms with Crippen LogP contribution in [-0.4, -0.2) is 39.0 Å². The molecule has 1 aromatic carbocycles. The number of carboxylic acid groups (broad SMARTS) is 1. The van der Waals surface area contributed by atoms with Gasteiger partial charge in [0, 0.05) is 30.4 Å². The van der Waals surface area contributed by atoms with Gasteiger partial charge in [0.1, 0.15) is 5.03 Å². The highest BCUT2D eigenvalue weighted by Crippen LogP contribution is 2.42. The monoisotopic (exact) mass is 342 g/mol. The highest BCUT2D eigenvalue weighted by molar-refractivity contribution is 7.99. The first-order valence-electron chi connectivity index (χ1n) is 8.03. The van der Waals surface area contributed by atoms with E-state index in [0.29, 0.717) is 6.54 Å². The van der Waals surface area contributed by atoms with Gasteiger partial charge in [-0.2, -0.15) is 0 Å². The van der Waals surface area contributed by atoms with E-state index in [4.69, 9.17) is 0 Å². The summed E-state index contributed by atoms with van der Waals surface area (Å²) in [7, 11) is 0. The average Bonchev–Trinajstić information content (AvgIpc) is 2.60. The molecule has 124 valence electrons. The molecule has 1 atom stereocenters. The number of aromatic nitrogens is 2. The molecule has 3 heterocycles. The summed E-state index contributed by atoms with van der Waals surface area (Å²) in [4.78, 5) is 23.2. The summed E-state index contributed by atoms with van der Waals surface area (Å²) in [6.45, 7) is 2.36. The summed E-state index contributed by atoms with van der Waals surface area (Å²) < 4.78 is 0. The summed E-state index contributed by atoms with van der Waals surface area (Å²) in [5, 5.41) is 13.4. The number of fused-ring (bicyclic) bond motifs is 2. The lowest BCUT2D eigenvalue weighted by molar-refractivity contribution is -0.143. The zero-order chi connectivity index (χ0) is 16.5. The van der Waals surface area contributed by atoms with Crippen LogP contribution >= 0.6 is 11.8 Å². The standard InChI is InChI=1S/C17H18N4O2S/c22-17(23)12-2-1-7-21(10-12)9-11-3-4-14-13(8-11)20-15-16(24-14)19-6-5-18-15/h3-6,8,12H,1-2,7,9-10H2,(H,18,20)(H,22,23). The second kappa shape index (κ2) is 6.41. The Morgan fingerprint density at radius 3 is 3.12 bits per heavy atom. The predicted octanol–water partition coefficient (Wildman–Crippen LogP) is 2.98. The van der Waals surface area contributed by atoms with Crippen LogP contribution in [0.4, 0.5) is 11.5 Å². The molecule has 0 radical (unpaired) electrons. The molecule has 1 aromatic heterocycles. The lowest BCUT2D eigenvalue weighted by Gasteiger charge is -2.31. The van der Waals surface area contributed by atoms with Crippen molar-refractivity contribution < 1.29 is 9.90 Å². The SMILES string of the molecule is O=C(O)C1CCCN(Cc2ccc3c(c2)Nc2nccnc2S3)C1. The minimum absolute atomic E-state index is 0.243. The Morgan fingerprint density at radius 2 is 2.25 bits per heavy atom. The van der Waals surface area contributed by atoms with Crippen molar-refractivity contribution in [3.05, 3.63) is 36.2 Å². The maximum atomic E-state index is 11.2.